The molecule has 0 aliphatic heterocycles. The molecule has 14 heavy (non-hydrogen) atoms. The van der Waals surface area contributed by atoms with Gasteiger partial charge in [-0.3, -0.25) is 0 Å². The summed E-state index contributed by atoms with van der Waals surface area (Å²) in [5, 5.41) is 0.179. The molecule has 2 nitrogen and oxygen atoms in total. The number of hydrogen-bond acceptors (Lipinski definition) is 2. The summed E-state index contributed by atoms with van der Waals surface area (Å²) >= 11 is 5.61. The van der Waals surface area contributed by atoms with Crippen molar-refractivity contribution in [3.05, 3.63) is 22.7 Å². The second-order valence-electron chi connectivity index (χ2n) is 2.69. The zero-order chi connectivity index (χ0) is 10.9. The molecule has 2 N–H and O–H groups in total. The normalized spacial score (nSPS) is 11.5. The molecule has 0 bridgehead atoms. The van der Waals surface area contributed by atoms with Gasteiger partial charge in [0.15, 0.2) is 5.75 Å². The first-order valence-corrected chi connectivity index (χ1v) is 3.99. The lowest BCUT2D eigenvalue weighted by Gasteiger charge is -2.12. The predicted molar refractivity (Wildman–Crippen MR) is 47.3 cm³/mol. The number of rotatable bonds is 1. The molecule has 0 spiro atoms. The van der Waals surface area contributed by atoms with E-state index in [1.807, 2.05) is 0 Å². The van der Waals surface area contributed by atoms with Crippen LogP contribution in [0.4, 0.5) is 18.9 Å². The van der Waals surface area contributed by atoms with E-state index in [2.05, 4.69) is 4.74 Å². The maximum absolute atomic E-state index is 11.8. The number of nitrogen functional groups attached to an aromatic ring is 1. The van der Waals surface area contributed by atoms with Crippen LogP contribution in [0.2, 0.25) is 5.02 Å². The number of alkyl halides is 3. The van der Waals surface area contributed by atoms with E-state index in [1.165, 1.54) is 6.07 Å². The van der Waals surface area contributed by atoms with Gasteiger partial charge < -0.3 is 10.5 Å². The molecule has 6 heteroatoms. The molecule has 0 heterocycles. The SMILES string of the molecule is Cc1cc(N)c(OC(F)(F)F)cc1Cl. The Kier molecular flexibility index (Phi) is 2.80. The summed E-state index contributed by atoms with van der Waals surface area (Å²) in [5.41, 5.74) is 5.82. The van der Waals surface area contributed by atoms with Crippen molar-refractivity contribution in [2.45, 2.75) is 13.3 Å². The maximum atomic E-state index is 11.8. The van der Waals surface area contributed by atoms with E-state index < -0.39 is 12.1 Å². The van der Waals surface area contributed by atoms with E-state index in [1.54, 1.807) is 6.92 Å². The molecule has 1 rings (SSSR count). The van der Waals surface area contributed by atoms with Crippen LogP contribution in [0.25, 0.3) is 0 Å². The van der Waals surface area contributed by atoms with E-state index in [9.17, 15) is 13.2 Å². The molecule has 78 valence electrons. The third kappa shape index (κ3) is 2.70. The van der Waals surface area contributed by atoms with Gasteiger partial charge in [-0.25, -0.2) is 0 Å². The number of nitrogens with two attached hydrogens (primary N) is 1. The molecule has 0 aliphatic carbocycles. The highest BCUT2D eigenvalue weighted by atomic mass is 35.5. The summed E-state index contributed by atoms with van der Waals surface area (Å²) in [6.07, 6.45) is -4.76. The monoisotopic (exact) mass is 225 g/mol. The number of halogens is 4. The summed E-state index contributed by atoms with van der Waals surface area (Å²) in [5.74, 6) is -0.479. The Hall–Kier alpha value is -1.10. The quantitative estimate of drug-likeness (QED) is 0.746. The van der Waals surface area contributed by atoms with E-state index in [0.717, 1.165) is 6.07 Å². The van der Waals surface area contributed by atoms with Crippen LogP contribution < -0.4 is 10.5 Å². The topological polar surface area (TPSA) is 35.2 Å². The first-order valence-electron chi connectivity index (χ1n) is 3.61. The fraction of sp³-hybridized carbons (Fsp3) is 0.250. The van der Waals surface area contributed by atoms with Crippen molar-refractivity contribution in [2.24, 2.45) is 0 Å². The minimum atomic E-state index is -4.76. The molecule has 0 saturated carbocycles. The van der Waals surface area contributed by atoms with Gasteiger partial charge in [0.25, 0.3) is 0 Å². The molecule has 1 aromatic carbocycles. The average molecular weight is 226 g/mol. The Morgan fingerprint density at radius 2 is 1.93 bits per heavy atom. The van der Waals surface area contributed by atoms with Gasteiger partial charge in [0, 0.05) is 11.1 Å². The highest BCUT2D eigenvalue weighted by Gasteiger charge is 2.32. The highest BCUT2D eigenvalue weighted by Crippen LogP contribution is 2.32. The Balaban J connectivity index is 3.04. The van der Waals surface area contributed by atoms with Gasteiger partial charge in [0.1, 0.15) is 0 Å². The molecular weight excluding hydrogens is 219 g/mol. The van der Waals surface area contributed by atoms with Crippen molar-refractivity contribution < 1.29 is 17.9 Å². The summed E-state index contributed by atoms with van der Waals surface area (Å²) in [4.78, 5) is 0. The minimum Gasteiger partial charge on any atom is -0.404 e. The summed E-state index contributed by atoms with van der Waals surface area (Å²) in [7, 11) is 0. The van der Waals surface area contributed by atoms with Gasteiger partial charge in [-0.05, 0) is 18.6 Å². The van der Waals surface area contributed by atoms with Crippen molar-refractivity contribution in [3.63, 3.8) is 0 Å². The fourth-order valence-corrected chi connectivity index (χ4v) is 1.05. The lowest BCUT2D eigenvalue weighted by Crippen LogP contribution is -2.18. The summed E-state index contributed by atoms with van der Waals surface area (Å²) in [6.45, 7) is 1.63. The Bertz CT molecular complexity index is 351. The first kappa shape index (κ1) is 11.0. The van der Waals surface area contributed by atoms with Crippen molar-refractivity contribution in [3.8, 4) is 5.75 Å². The Morgan fingerprint density at radius 1 is 1.36 bits per heavy atom. The molecule has 0 atom stereocenters. The van der Waals surface area contributed by atoms with Gasteiger partial charge in [-0.1, -0.05) is 11.6 Å². The second kappa shape index (κ2) is 3.57. The molecule has 1 aromatic rings. The third-order valence-electron chi connectivity index (χ3n) is 1.52. The van der Waals surface area contributed by atoms with Crippen molar-refractivity contribution in [1.82, 2.24) is 0 Å². The van der Waals surface area contributed by atoms with E-state index in [0.29, 0.717) is 5.56 Å². The second-order valence-corrected chi connectivity index (χ2v) is 3.09. The third-order valence-corrected chi connectivity index (χ3v) is 1.92. The fourth-order valence-electron chi connectivity index (χ4n) is 0.899. The van der Waals surface area contributed by atoms with Crippen LogP contribution in [0.15, 0.2) is 12.1 Å². The maximum Gasteiger partial charge on any atom is 0.573 e. The summed E-state index contributed by atoms with van der Waals surface area (Å²) in [6, 6.07) is 2.36. The molecular formula is C8H7ClF3NO. The zero-order valence-electron chi connectivity index (χ0n) is 7.15. The molecule has 0 unspecified atom stereocenters. The van der Waals surface area contributed by atoms with Gasteiger partial charge >= 0.3 is 6.36 Å². The number of aryl methyl sites for hydroxylation is 1. The number of anilines is 1. The van der Waals surface area contributed by atoms with Gasteiger partial charge in [0.2, 0.25) is 0 Å². The van der Waals surface area contributed by atoms with E-state index in [-0.39, 0.29) is 10.7 Å². The first-order chi connectivity index (χ1) is 6.29. The highest BCUT2D eigenvalue weighted by molar-refractivity contribution is 6.31. The lowest BCUT2D eigenvalue weighted by atomic mass is 10.2. The number of hydrogen-bond donors (Lipinski definition) is 1. The summed E-state index contributed by atoms with van der Waals surface area (Å²) < 4.78 is 39.2. The molecule has 0 fully saturated rings. The average Bonchev–Trinajstić information content (AvgIpc) is 1.97. The van der Waals surface area contributed by atoms with Crippen molar-refractivity contribution in [2.75, 3.05) is 5.73 Å². The van der Waals surface area contributed by atoms with Crippen molar-refractivity contribution >= 4 is 17.3 Å². The molecule has 0 aromatic heterocycles. The van der Waals surface area contributed by atoms with Gasteiger partial charge in [-0.2, -0.15) is 0 Å². The van der Waals surface area contributed by atoms with Crippen molar-refractivity contribution in [1.29, 1.82) is 0 Å². The van der Waals surface area contributed by atoms with Crippen LogP contribution >= 0.6 is 11.6 Å². The molecule has 0 amide bonds. The van der Waals surface area contributed by atoms with Crippen LogP contribution in [-0.4, -0.2) is 6.36 Å². The molecule has 0 saturated heterocycles. The Morgan fingerprint density at radius 3 is 2.43 bits per heavy atom. The predicted octanol–water partition coefficient (Wildman–Crippen LogP) is 3.13. The number of ether oxygens (including phenoxy) is 1. The zero-order valence-corrected chi connectivity index (χ0v) is 7.91. The van der Waals surface area contributed by atoms with E-state index in [4.69, 9.17) is 17.3 Å². The minimum absolute atomic E-state index is 0.0933. The molecule has 0 aliphatic rings. The van der Waals surface area contributed by atoms with Crippen LogP contribution in [0.3, 0.4) is 0 Å². The standard InChI is InChI=1S/C8H7ClF3NO/c1-4-2-6(13)7(3-5(4)9)14-8(10,11)12/h2-3H,13H2,1H3. The van der Waals surface area contributed by atoms with Crippen LogP contribution in [0.1, 0.15) is 5.56 Å². The van der Waals surface area contributed by atoms with Crippen LogP contribution in [0.5, 0.6) is 5.75 Å². The lowest BCUT2D eigenvalue weighted by molar-refractivity contribution is -0.274. The Labute approximate surface area is 83.4 Å². The smallest absolute Gasteiger partial charge is 0.404 e. The van der Waals surface area contributed by atoms with Gasteiger partial charge in [-0.15, -0.1) is 13.2 Å². The largest absolute Gasteiger partial charge is 0.573 e. The van der Waals surface area contributed by atoms with Gasteiger partial charge in [0.05, 0.1) is 5.69 Å². The molecule has 0 radical (unpaired) electrons. The number of benzene rings is 1. The van der Waals surface area contributed by atoms with E-state index >= 15 is 0 Å². The van der Waals surface area contributed by atoms with Crippen LogP contribution in [-0.2, 0) is 0 Å². The van der Waals surface area contributed by atoms with Crippen LogP contribution in [0, 0.1) is 6.92 Å².